The highest BCUT2D eigenvalue weighted by Gasteiger charge is 2.17. The topological polar surface area (TPSA) is 148 Å². The zero-order valence-electron chi connectivity index (χ0n) is 18.0. The Labute approximate surface area is 182 Å². The fourth-order valence-electron chi connectivity index (χ4n) is 2.41. The van der Waals surface area contributed by atoms with Gasteiger partial charge in [0, 0.05) is 24.5 Å². The van der Waals surface area contributed by atoms with E-state index >= 15 is 0 Å². The molecule has 1 aromatic heterocycles. The van der Waals surface area contributed by atoms with Crippen LogP contribution < -0.4 is 25.9 Å². The summed E-state index contributed by atoms with van der Waals surface area (Å²) in [5.74, 6) is 0.368. The van der Waals surface area contributed by atoms with E-state index in [1.54, 1.807) is 18.2 Å². The third-order valence-corrected chi connectivity index (χ3v) is 4.81. The molecule has 1 aromatic carbocycles. The number of nitrogens with one attached hydrogen (secondary N) is 3. The lowest BCUT2D eigenvalue weighted by atomic mass is 10.1. The number of anilines is 4. The maximum atomic E-state index is 11.7. The predicted molar refractivity (Wildman–Crippen MR) is 122 cm³/mol. The molecule has 0 saturated carbocycles. The highest BCUT2D eigenvalue weighted by molar-refractivity contribution is 7.86. The van der Waals surface area contributed by atoms with Gasteiger partial charge in [-0.3, -0.25) is 4.79 Å². The van der Waals surface area contributed by atoms with Crippen LogP contribution in [-0.4, -0.2) is 43.1 Å². The Balaban J connectivity index is 2.35. The van der Waals surface area contributed by atoms with Crippen molar-refractivity contribution < 1.29 is 17.4 Å². The van der Waals surface area contributed by atoms with Gasteiger partial charge in [-0.25, -0.2) is 4.98 Å². The largest absolute Gasteiger partial charge is 0.380 e. The summed E-state index contributed by atoms with van der Waals surface area (Å²) in [6.45, 7) is 10.1. The number of carbonyl (C=O) groups excluding carboxylic acids is 1. The van der Waals surface area contributed by atoms with E-state index in [1.165, 1.54) is 12.3 Å². The standard InChI is InChI=1S/C20H28N6O4S/c1-6-9-22-16-10-14(7-8-17(16)30-31(5,28)29)25-20-23-11-15(18(21)27)19(26-20)24-13(4)12(2)3/h6-8,10-13,22H,1,9H2,2-5H3,(H2,21,27)(H2,23,24,25,26)/t13-/m1/s1. The Morgan fingerprint density at radius 1 is 1.32 bits per heavy atom. The van der Waals surface area contributed by atoms with E-state index in [-0.39, 0.29) is 23.3 Å². The Kier molecular flexibility index (Phi) is 7.81. The second-order valence-electron chi connectivity index (χ2n) is 7.29. The molecule has 2 aromatic rings. The predicted octanol–water partition coefficient (Wildman–Crippen LogP) is 2.71. The van der Waals surface area contributed by atoms with Crippen LogP contribution in [0.2, 0.25) is 0 Å². The number of amides is 1. The molecule has 0 unspecified atom stereocenters. The zero-order valence-corrected chi connectivity index (χ0v) is 18.8. The van der Waals surface area contributed by atoms with Gasteiger partial charge >= 0.3 is 10.1 Å². The summed E-state index contributed by atoms with van der Waals surface area (Å²) in [4.78, 5) is 20.3. The van der Waals surface area contributed by atoms with Crippen molar-refractivity contribution in [2.24, 2.45) is 11.7 Å². The van der Waals surface area contributed by atoms with Gasteiger partial charge in [0.15, 0.2) is 5.75 Å². The molecule has 0 aliphatic carbocycles. The third-order valence-electron chi connectivity index (χ3n) is 4.33. The van der Waals surface area contributed by atoms with Gasteiger partial charge in [-0.05, 0) is 31.0 Å². The first-order valence-corrected chi connectivity index (χ1v) is 11.4. The maximum absolute atomic E-state index is 11.7. The van der Waals surface area contributed by atoms with E-state index in [2.05, 4.69) is 32.5 Å². The molecule has 1 heterocycles. The molecule has 1 amide bonds. The summed E-state index contributed by atoms with van der Waals surface area (Å²) in [6.07, 6.45) is 3.95. The minimum atomic E-state index is -3.70. The van der Waals surface area contributed by atoms with Gasteiger partial charge in [0.05, 0.1) is 17.5 Å². The van der Waals surface area contributed by atoms with Crippen molar-refractivity contribution in [2.75, 3.05) is 28.8 Å². The molecule has 0 saturated heterocycles. The first kappa shape index (κ1) is 23.9. The van der Waals surface area contributed by atoms with Crippen LogP contribution in [0.3, 0.4) is 0 Å². The van der Waals surface area contributed by atoms with E-state index in [9.17, 15) is 13.2 Å². The first-order chi connectivity index (χ1) is 14.5. The molecule has 1 atom stereocenters. The Morgan fingerprint density at radius 3 is 2.61 bits per heavy atom. The third kappa shape index (κ3) is 7.14. The summed E-state index contributed by atoms with van der Waals surface area (Å²) >= 11 is 0. The quantitative estimate of drug-likeness (QED) is 0.301. The van der Waals surface area contributed by atoms with Crippen molar-refractivity contribution in [1.29, 1.82) is 0 Å². The maximum Gasteiger partial charge on any atom is 0.306 e. The number of nitrogens with two attached hydrogens (primary N) is 1. The van der Waals surface area contributed by atoms with Crippen LogP contribution in [0.15, 0.2) is 37.1 Å². The van der Waals surface area contributed by atoms with Crippen molar-refractivity contribution in [3.8, 4) is 5.75 Å². The number of rotatable bonds is 11. The summed E-state index contributed by atoms with van der Waals surface area (Å²) in [7, 11) is -3.70. The zero-order chi connectivity index (χ0) is 23.2. The molecular formula is C20H28N6O4S. The fraction of sp³-hybridized carbons (Fsp3) is 0.350. The molecule has 10 nitrogen and oxygen atoms in total. The average molecular weight is 449 g/mol. The van der Waals surface area contributed by atoms with Crippen LogP contribution in [0.5, 0.6) is 5.75 Å². The van der Waals surface area contributed by atoms with Crippen LogP contribution in [0.4, 0.5) is 23.1 Å². The second kappa shape index (κ2) is 10.1. The number of carbonyl (C=O) groups is 1. The molecule has 0 aliphatic rings. The van der Waals surface area contributed by atoms with Crippen LogP contribution in [-0.2, 0) is 10.1 Å². The summed E-state index contributed by atoms with van der Waals surface area (Å²) in [6, 6.07) is 4.82. The minimum absolute atomic E-state index is 0.0444. The summed E-state index contributed by atoms with van der Waals surface area (Å²) in [5, 5.41) is 9.25. The number of hydrogen-bond donors (Lipinski definition) is 4. The lowest BCUT2D eigenvalue weighted by Gasteiger charge is -2.20. The lowest BCUT2D eigenvalue weighted by Crippen LogP contribution is -2.25. The van der Waals surface area contributed by atoms with Gasteiger partial charge in [0.1, 0.15) is 5.82 Å². The highest BCUT2D eigenvalue weighted by Crippen LogP contribution is 2.30. The smallest absolute Gasteiger partial charge is 0.306 e. The van der Waals surface area contributed by atoms with Gasteiger partial charge < -0.3 is 25.9 Å². The van der Waals surface area contributed by atoms with Crippen LogP contribution in [0, 0.1) is 5.92 Å². The van der Waals surface area contributed by atoms with E-state index in [0.29, 0.717) is 29.7 Å². The van der Waals surface area contributed by atoms with E-state index in [4.69, 9.17) is 9.92 Å². The lowest BCUT2D eigenvalue weighted by molar-refractivity contribution is 0.100. The SMILES string of the molecule is C=CCNc1cc(Nc2ncc(C(N)=O)c(N[C@H](C)C(C)C)n2)ccc1OS(C)(=O)=O. The fourth-order valence-corrected chi connectivity index (χ4v) is 2.88. The van der Waals surface area contributed by atoms with E-state index in [0.717, 1.165) is 6.26 Å². The van der Waals surface area contributed by atoms with Gasteiger partial charge in [0.25, 0.3) is 5.91 Å². The van der Waals surface area contributed by atoms with Crippen LogP contribution in [0.25, 0.3) is 0 Å². The molecule has 5 N–H and O–H groups in total. The van der Waals surface area contributed by atoms with E-state index < -0.39 is 16.0 Å². The number of nitrogens with zero attached hydrogens (tertiary/aromatic N) is 2. The van der Waals surface area contributed by atoms with Gasteiger partial charge in [0.2, 0.25) is 5.95 Å². The summed E-state index contributed by atoms with van der Waals surface area (Å²) in [5.41, 5.74) is 6.64. The first-order valence-electron chi connectivity index (χ1n) is 9.59. The van der Waals surface area contributed by atoms with Gasteiger partial charge in [-0.1, -0.05) is 19.9 Å². The molecular weight excluding hydrogens is 420 g/mol. The molecule has 0 spiro atoms. The summed E-state index contributed by atoms with van der Waals surface area (Å²) < 4.78 is 28.0. The van der Waals surface area contributed by atoms with Crippen molar-refractivity contribution >= 4 is 39.2 Å². The van der Waals surface area contributed by atoms with Crippen molar-refractivity contribution in [3.63, 3.8) is 0 Å². The molecule has 0 radical (unpaired) electrons. The molecule has 0 fully saturated rings. The molecule has 31 heavy (non-hydrogen) atoms. The van der Waals surface area contributed by atoms with E-state index in [1.807, 2.05) is 20.8 Å². The van der Waals surface area contributed by atoms with Crippen LogP contribution in [0.1, 0.15) is 31.1 Å². The number of benzene rings is 1. The van der Waals surface area contributed by atoms with Crippen molar-refractivity contribution in [2.45, 2.75) is 26.8 Å². The Hall–Kier alpha value is -3.34. The Bertz CT molecular complexity index is 1060. The molecule has 168 valence electrons. The molecule has 0 bridgehead atoms. The minimum Gasteiger partial charge on any atom is -0.380 e. The second-order valence-corrected chi connectivity index (χ2v) is 8.87. The monoisotopic (exact) mass is 448 g/mol. The number of hydrogen-bond acceptors (Lipinski definition) is 9. The van der Waals surface area contributed by atoms with Gasteiger partial charge in [-0.15, -0.1) is 6.58 Å². The van der Waals surface area contributed by atoms with Crippen molar-refractivity contribution in [3.05, 3.63) is 42.6 Å². The number of primary amides is 1. The highest BCUT2D eigenvalue weighted by atomic mass is 32.2. The normalized spacial score (nSPS) is 12.2. The molecule has 11 heteroatoms. The average Bonchev–Trinajstić information content (AvgIpc) is 2.66. The molecule has 0 aliphatic heterocycles. The molecule has 2 rings (SSSR count). The Morgan fingerprint density at radius 2 is 2.03 bits per heavy atom. The van der Waals surface area contributed by atoms with Crippen LogP contribution >= 0.6 is 0 Å². The number of aromatic nitrogens is 2. The van der Waals surface area contributed by atoms with Gasteiger partial charge in [-0.2, -0.15) is 13.4 Å². The van der Waals surface area contributed by atoms with Crippen molar-refractivity contribution in [1.82, 2.24) is 9.97 Å².